The Labute approximate surface area is 214 Å². The van der Waals surface area contributed by atoms with E-state index in [9.17, 15) is 14.7 Å². The lowest BCUT2D eigenvalue weighted by molar-refractivity contribution is -0.132. The molecule has 35 heavy (non-hydrogen) atoms. The standard InChI is InChI=1S/C27H21BrN2O4S/c1-14-11-15(2)22-20(12-14)35-27(29-22)30-23(16-7-9-18(28)10-8-16)21(25(32)26(30)33)24(31)17-5-4-6-19(13-17)34-3/h4-13,23,31H,1-3H3/t23-/m0/s1. The lowest BCUT2D eigenvalue weighted by Gasteiger charge is -2.23. The SMILES string of the molecule is COc1cccc(C(O)=C2C(=O)C(=O)N(c3nc4c(C)cc(C)cc4s3)[C@H]2c2ccc(Br)cc2)c1. The van der Waals surface area contributed by atoms with Crippen molar-refractivity contribution in [3.8, 4) is 5.75 Å². The van der Waals surface area contributed by atoms with Crippen LogP contribution in [0.5, 0.6) is 5.75 Å². The van der Waals surface area contributed by atoms with Crippen molar-refractivity contribution in [2.24, 2.45) is 0 Å². The highest BCUT2D eigenvalue weighted by Crippen LogP contribution is 2.45. The predicted molar refractivity (Wildman–Crippen MR) is 141 cm³/mol. The smallest absolute Gasteiger partial charge is 0.301 e. The van der Waals surface area contributed by atoms with Gasteiger partial charge in [-0.25, -0.2) is 4.98 Å². The van der Waals surface area contributed by atoms with Crippen LogP contribution in [-0.2, 0) is 9.59 Å². The van der Waals surface area contributed by atoms with E-state index < -0.39 is 17.7 Å². The molecule has 0 saturated carbocycles. The molecule has 6 nitrogen and oxygen atoms in total. The molecule has 5 rings (SSSR count). The number of thiazole rings is 1. The summed E-state index contributed by atoms with van der Waals surface area (Å²) in [5.74, 6) is -1.22. The number of hydrogen-bond donors (Lipinski definition) is 1. The molecule has 0 spiro atoms. The molecular formula is C27H21BrN2O4S. The Hall–Kier alpha value is -3.49. The molecule has 1 atom stereocenters. The van der Waals surface area contributed by atoms with Crippen molar-refractivity contribution < 1.29 is 19.4 Å². The lowest BCUT2D eigenvalue weighted by atomic mass is 9.95. The fourth-order valence-electron chi connectivity index (χ4n) is 4.38. The first-order chi connectivity index (χ1) is 16.8. The van der Waals surface area contributed by atoms with Crippen LogP contribution in [0.4, 0.5) is 5.13 Å². The number of carbonyl (C=O) groups excluding carboxylic acids is 2. The number of fused-ring (bicyclic) bond motifs is 1. The third-order valence-electron chi connectivity index (χ3n) is 6.00. The highest BCUT2D eigenvalue weighted by Gasteiger charge is 2.48. The molecular weight excluding hydrogens is 528 g/mol. The number of methoxy groups -OCH3 is 1. The maximum Gasteiger partial charge on any atom is 0.301 e. The van der Waals surface area contributed by atoms with E-state index in [4.69, 9.17) is 9.72 Å². The van der Waals surface area contributed by atoms with Gasteiger partial charge in [0.25, 0.3) is 5.78 Å². The van der Waals surface area contributed by atoms with Crippen LogP contribution in [-0.4, -0.2) is 28.9 Å². The van der Waals surface area contributed by atoms with Gasteiger partial charge in [0.2, 0.25) is 0 Å². The second-order valence-electron chi connectivity index (χ2n) is 8.38. The Morgan fingerprint density at radius 2 is 1.83 bits per heavy atom. The Morgan fingerprint density at radius 3 is 2.54 bits per heavy atom. The van der Waals surface area contributed by atoms with Gasteiger partial charge in [-0.3, -0.25) is 14.5 Å². The van der Waals surface area contributed by atoms with Crippen molar-refractivity contribution in [3.63, 3.8) is 0 Å². The average molecular weight is 549 g/mol. The number of amides is 1. The summed E-state index contributed by atoms with van der Waals surface area (Å²) >= 11 is 4.79. The third-order valence-corrected chi connectivity index (χ3v) is 7.53. The Morgan fingerprint density at radius 1 is 1.09 bits per heavy atom. The number of aryl methyl sites for hydroxylation is 2. The van der Waals surface area contributed by atoms with E-state index in [1.165, 1.54) is 23.3 Å². The molecule has 0 unspecified atom stereocenters. The molecule has 1 aromatic heterocycles. The number of rotatable bonds is 4. The molecule has 1 fully saturated rings. The minimum Gasteiger partial charge on any atom is -0.507 e. The van der Waals surface area contributed by atoms with Gasteiger partial charge < -0.3 is 9.84 Å². The summed E-state index contributed by atoms with van der Waals surface area (Å²) in [6, 6.07) is 17.3. The average Bonchev–Trinajstić information content (AvgIpc) is 3.38. The van der Waals surface area contributed by atoms with E-state index >= 15 is 0 Å². The first kappa shape index (κ1) is 23.3. The van der Waals surface area contributed by atoms with Crippen LogP contribution in [0.2, 0.25) is 0 Å². The molecule has 4 aromatic rings. The number of carbonyl (C=O) groups is 2. The number of ether oxygens (including phenoxy) is 1. The Kier molecular flexibility index (Phi) is 5.94. The molecule has 8 heteroatoms. The van der Waals surface area contributed by atoms with Crippen molar-refractivity contribution in [2.45, 2.75) is 19.9 Å². The van der Waals surface area contributed by atoms with Gasteiger partial charge in [-0.1, -0.05) is 57.6 Å². The molecule has 1 aliphatic rings. The number of halogens is 1. The van der Waals surface area contributed by atoms with Crippen LogP contribution in [0.15, 0.2) is 70.7 Å². The highest BCUT2D eigenvalue weighted by molar-refractivity contribution is 9.10. The number of anilines is 1. The number of hydrogen-bond acceptors (Lipinski definition) is 6. The van der Waals surface area contributed by atoms with Crippen molar-refractivity contribution >= 4 is 60.1 Å². The van der Waals surface area contributed by atoms with E-state index in [0.29, 0.717) is 22.0 Å². The van der Waals surface area contributed by atoms with Gasteiger partial charge in [0.05, 0.1) is 28.9 Å². The van der Waals surface area contributed by atoms with Crippen molar-refractivity contribution in [3.05, 3.63) is 93.0 Å². The normalized spacial score (nSPS) is 17.4. The van der Waals surface area contributed by atoms with E-state index in [2.05, 4.69) is 15.9 Å². The summed E-state index contributed by atoms with van der Waals surface area (Å²) < 4.78 is 7.07. The van der Waals surface area contributed by atoms with Crippen LogP contribution in [0.25, 0.3) is 16.0 Å². The maximum atomic E-state index is 13.4. The summed E-state index contributed by atoms with van der Waals surface area (Å²) in [7, 11) is 1.52. The first-order valence-corrected chi connectivity index (χ1v) is 12.5. The second-order valence-corrected chi connectivity index (χ2v) is 10.3. The second kappa shape index (κ2) is 8.94. The molecule has 0 aliphatic carbocycles. The lowest BCUT2D eigenvalue weighted by Crippen LogP contribution is -2.29. The minimum absolute atomic E-state index is 0.0118. The van der Waals surface area contributed by atoms with Crippen LogP contribution < -0.4 is 9.64 Å². The fourth-order valence-corrected chi connectivity index (χ4v) is 5.81. The number of aliphatic hydroxyl groups is 1. The minimum atomic E-state index is -0.837. The van der Waals surface area contributed by atoms with Gasteiger partial charge in [-0.05, 0) is 60.9 Å². The Balaban J connectivity index is 1.74. The van der Waals surface area contributed by atoms with Crippen LogP contribution >= 0.6 is 27.3 Å². The summed E-state index contributed by atoms with van der Waals surface area (Å²) in [4.78, 5) is 32.9. The van der Waals surface area contributed by atoms with Crippen molar-refractivity contribution in [1.29, 1.82) is 0 Å². The van der Waals surface area contributed by atoms with Crippen molar-refractivity contribution in [1.82, 2.24) is 4.98 Å². The molecule has 2 heterocycles. The number of aromatic nitrogens is 1. The number of Topliss-reactive ketones (excluding diaryl/α,β-unsaturated/α-hetero) is 1. The number of aliphatic hydroxyl groups excluding tert-OH is 1. The van der Waals surface area contributed by atoms with Gasteiger partial charge >= 0.3 is 5.91 Å². The van der Waals surface area contributed by atoms with Crippen LogP contribution in [0.3, 0.4) is 0 Å². The summed E-state index contributed by atoms with van der Waals surface area (Å²) in [6.45, 7) is 3.98. The van der Waals surface area contributed by atoms with Crippen LogP contribution in [0, 0.1) is 13.8 Å². The molecule has 1 N–H and O–H groups in total. The van der Waals surface area contributed by atoms with Crippen LogP contribution in [0.1, 0.15) is 28.3 Å². The summed E-state index contributed by atoms with van der Waals surface area (Å²) in [5.41, 5.74) is 3.97. The monoisotopic (exact) mass is 548 g/mol. The van der Waals surface area contributed by atoms with Gasteiger partial charge in [0.15, 0.2) is 5.13 Å². The molecule has 1 aliphatic heterocycles. The van der Waals surface area contributed by atoms with Gasteiger partial charge in [0, 0.05) is 10.0 Å². The van der Waals surface area contributed by atoms with Gasteiger partial charge in [0.1, 0.15) is 11.5 Å². The quantitative estimate of drug-likeness (QED) is 0.183. The van der Waals surface area contributed by atoms with E-state index in [1.54, 1.807) is 24.3 Å². The summed E-state index contributed by atoms with van der Waals surface area (Å²) in [5, 5.41) is 11.7. The molecule has 0 radical (unpaired) electrons. The van der Waals surface area contributed by atoms with E-state index in [1.807, 2.05) is 50.2 Å². The van der Waals surface area contributed by atoms with E-state index in [0.717, 1.165) is 25.8 Å². The summed E-state index contributed by atoms with van der Waals surface area (Å²) in [6.07, 6.45) is 0. The number of nitrogens with zero attached hydrogens (tertiary/aromatic N) is 2. The molecule has 1 amide bonds. The topological polar surface area (TPSA) is 79.7 Å². The third kappa shape index (κ3) is 4.02. The fraction of sp³-hybridized carbons (Fsp3) is 0.148. The number of ketones is 1. The largest absolute Gasteiger partial charge is 0.507 e. The Bertz CT molecular complexity index is 1520. The van der Waals surface area contributed by atoms with E-state index in [-0.39, 0.29) is 11.3 Å². The zero-order chi connectivity index (χ0) is 24.9. The van der Waals surface area contributed by atoms with Crippen molar-refractivity contribution in [2.75, 3.05) is 12.0 Å². The predicted octanol–water partition coefficient (Wildman–Crippen LogP) is 6.31. The zero-order valence-electron chi connectivity index (χ0n) is 19.2. The molecule has 0 bridgehead atoms. The number of benzene rings is 3. The molecule has 3 aromatic carbocycles. The first-order valence-electron chi connectivity index (χ1n) is 10.9. The van der Waals surface area contributed by atoms with Gasteiger partial charge in [-0.15, -0.1) is 0 Å². The molecule has 1 saturated heterocycles. The zero-order valence-corrected chi connectivity index (χ0v) is 21.6. The highest BCUT2D eigenvalue weighted by atomic mass is 79.9. The van der Waals surface area contributed by atoms with Gasteiger partial charge in [-0.2, -0.15) is 0 Å². The molecule has 176 valence electrons. The maximum absolute atomic E-state index is 13.4.